The van der Waals surface area contributed by atoms with Crippen LogP contribution in [0.2, 0.25) is 0 Å². The van der Waals surface area contributed by atoms with E-state index in [1.54, 1.807) is 6.08 Å². The molecule has 0 heterocycles. The topological polar surface area (TPSA) is 34.1 Å². The van der Waals surface area contributed by atoms with Crippen molar-refractivity contribution in [1.82, 2.24) is 0 Å². The van der Waals surface area contributed by atoms with Crippen LogP contribution in [-0.4, -0.2) is 14.2 Å². The second kappa shape index (κ2) is 6.34. The zero-order chi connectivity index (χ0) is 13.6. The molecular weight excluding hydrogens is 256 g/mol. The van der Waals surface area contributed by atoms with E-state index in [9.17, 15) is 8.42 Å². The van der Waals surface area contributed by atoms with Gasteiger partial charge in [-0.25, -0.2) is 8.42 Å². The van der Waals surface area contributed by atoms with Gasteiger partial charge in [-0.2, -0.15) is 0 Å². The molecule has 0 aliphatic rings. The molecule has 0 aromatic heterocycles. The summed E-state index contributed by atoms with van der Waals surface area (Å²) in [5, 5.41) is 0. The van der Waals surface area contributed by atoms with Crippen LogP contribution in [0.1, 0.15) is 11.1 Å². The van der Waals surface area contributed by atoms with Crippen LogP contribution in [0.3, 0.4) is 0 Å². The highest BCUT2D eigenvalue weighted by molar-refractivity contribution is 7.90. The Balaban J connectivity index is 1.97. The molecule has 0 atom stereocenters. The summed E-state index contributed by atoms with van der Waals surface area (Å²) in [6, 6.07) is 18.9. The molecule has 0 saturated heterocycles. The van der Waals surface area contributed by atoms with E-state index in [0.717, 1.165) is 11.1 Å². The van der Waals surface area contributed by atoms with E-state index >= 15 is 0 Å². The van der Waals surface area contributed by atoms with Gasteiger partial charge in [-0.15, -0.1) is 0 Å². The minimum absolute atomic E-state index is 0.0663. The predicted molar refractivity (Wildman–Crippen MR) is 79.4 cm³/mol. The lowest BCUT2D eigenvalue weighted by Crippen LogP contribution is -2.07. The first-order chi connectivity index (χ1) is 9.16. The van der Waals surface area contributed by atoms with Gasteiger partial charge in [-0.3, -0.25) is 0 Å². The molecule has 2 nitrogen and oxygen atoms in total. The van der Waals surface area contributed by atoms with Crippen LogP contribution in [0.5, 0.6) is 0 Å². The maximum Gasteiger partial charge on any atom is 0.157 e. The second-order valence-electron chi connectivity index (χ2n) is 4.35. The van der Waals surface area contributed by atoms with E-state index in [2.05, 4.69) is 0 Å². The lowest BCUT2D eigenvalue weighted by atomic mass is 10.2. The lowest BCUT2D eigenvalue weighted by molar-refractivity contribution is 0.598. The summed E-state index contributed by atoms with van der Waals surface area (Å²) in [4.78, 5) is 0. The standard InChI is InChI=1S/C16H16O2S/c17-19(18,14-16-10-5-2-6-11-16)13-7-12-15-8-3-1-4-9-15/h1-12H,13-14H2/b12-7+. The molecule has 0 bridgehead atoms. The van der Waals surface area contributed by atoms with Gasteiger partial charge in [0.15, 0.2) is 9.84 Å². The zero-order valence-corrected chi connectivity index (χ0v) is 11.4. The van der Waals surface area contributed by atoms with Gasteiger partial charge in [-0.05, 0) is 11.1 Å². The fourth-order valence-electron chi connectivity index (χ4n) is 1.78. The molecule has 0 saturated carbocycles. The Morgan fingerprint density at radius 2 is 1.42 bits per heavy atom. The molecule has 19 heavy (non-hydrogen) atoms. The van der Waals surface area contributed by atoms with Crippen molar-refractivity contribution in [3.8, 4) is 0 Å². The Morgan fingerprint density at radius 3 is 2.05 bits per heavy atom. The Bertz CT molecular complexity index is 629. The summed E-state index contributed by atoms with van der Waals surface area (Å²) in [6.07, 6.45) is 3.54. The number of hydrogen-bond acceptors (Lipinski definition) is 2. The van der Waals surface area contributed by atoms with Gasteiger partial charge in [-0.1, -0.05) is 72.8 Å². The van der Waals surface area contributed by atoms with Gasteiger partial charge >= 0.3 is 0 Å². The van der Waals surface area contributed by atoms with E-state index in [0.29, 0.717) is 0 Å². The van der Waals surface area contributed by atoms with Crippen molar-refractivity contribution in [3.05, 3.63) is 77.9 Å². The number of benzene rings is 2. The molecule has 0 aliphatic carbocycles. The van der Waals surface area contributed by atoms with Crippen LogP contribution < -0.4 is 0 Å². The molecule has 0 fully saturated rings. The molecule has 98 valence electrons. The van der Waals surface area contributed by atoms with Crippen LogP contribution in [0.25, 0.3) is 6.08 Å². The maximum absolute atomic E-state index is 11.9. The smallest absolute Gasteiger partial charge is 0.157 e. The molecule has 0 spiro atoms. The third-order valence-corrected chi connectivity index (χ3v) is 4.16. The molecule has 3 heteroatoms. The van der Waals surface area contributed by atoms with Crippen LogP contribution in [0.15, 0.2) is 66.7 Å². The van der Waals surface area contributed by atoms with Gasteiger partial charge in [0.25, 0.3) is 0 Å². The molecule has 2 aromatic rings. The monoisotopic (exact) mass is 272 g/mol. The van der Waals surface area contributed by atoms with Gasteiger partial charge < -0.3 is 0 Å². The van der Waals surface area contributed by atoms with Crippen molar-refractivity contribution in [2.75, 3.05) is 5.75 Å². The molecule has 0 aliphatic heterocycles. The molecule has 0 radical (unpaired) electrons. The molecule has 2 aromatic carbocycles. The van der Waals surface area contributed by atoms with Gasteiger partial charge in [0.05, 0.1) is 11.5 Å². The quantitative estimate of drug-likeness (QED) is 0.836. The van der Waals surface area contributed by atoms with E-state index in [1.807, 2.05) is 66.7 Å². The fourth-order valence-corrected chi connectivity index (χ4v) is 2.99. The molecular formula is C16H16O2S. The first-order valence-corrected chi connectivity index (χ1v) is 7.94. The van der Waals surface area contributed by atoms with E-state index in [4.69, 9.17) is 0 Å². The van der Waals surface area contributed by atoms with Crippen molar-refractivity contribution in [2.45, 2.75) is 5.75 Å². The van der Waals surface area contributed by atoms with Crippen LogP contribution in [-0.2, 0) is 15.6 Å². The Morgan fingerprint density at radius 1 is 0.842 bits per heavy atom. The van der Waals surface area contributed by atoms with Crippen molar-refractivity contribution in [3.63, 3.8) is 0 Å². The van der Waals surface area contributed by atoms with Gasteiger partial charge in [0.2, 0.25) is 0 Å². The number of hydrogen-bond donors (Lipinski definition) is 0. The summed E-state index contributed by atoms with van der Waals surface area (Å²) < 4.78 is 23.9. The van der Waals surface area contributed by atoms with Crippen LogP contribution >= 0.6 is 0 Å². The Labute approximate surface area is 114 Å². The summed E-state index contributed by atoms with van der Waals surface area (Å²) >= 11 is 0. The predicted octanol–water partition coefficient (Wildman–Crippen LogP) is 3.31. The molecule has 0 unspecified atom stereocenters. The normalized spacial score (nSPS) is 11.8. The number of rotatable bonds is 5. The summed E-state index contributed by atoms with van der Waals surface area (Å²) in [7, 11) is -3.09. The van der Waals surface area contributed by atoms with Crippen LogP contribution in [0.4, 0.5) is 0 Å². The Hall–Kier alpha value is -1.87. The van der Waals surface area contributed by atoms with Gasteiger partial charge in [0, 0.05) is 0 Å². The summed E-state index contributed by atoms with van der Waals surface area (Å²) in [5.41, 5.74) is 1.84. The van der Waals surface area contributed by atoms with E-state index in [1.165, 1.54) is 0 Å². The van der Waals surface area contributed by atoms with E-state index in [-0.39, 0.29) is 11.5 Å². The third-order valence-electron chi connectivity index (χ3n) is 2.69. The number of sulfone groups is 1. The van der Waals surface area contributed by atoms with Crippen molar-refractivity contribution in [2.24, 2.45) is 0 Å². The summed E-state index contributed by atoms with van der Waals surface area (Å²) in [6.45, 7) is 0. The highest BCUT2D eigenvalue weighted by Gasteiger charge is 2.09. The van der Waals surface area contributed by atoms with E-state index < -0.39 is 9.84 Å². The average molecular weight is 272 g/mol. The average Bonchev–Trinajstić information content (AvgIpc) is 2.40. The minimum Gasteiger partial charge on any atom is -0.228 e. The van der Waals surface area contributed by atoms with Crippen molar-refractivity contribution < 1.29 is 8.42 Å². The fraction of sp³-hybridized carbons (Fsp3) is 0.125. The van der Waals surface area contributed by atoms with Crippen molar-refractivity contribution >= 4 is 15.9 Å². The second-order valence-corrected chi connectivity index (χ2v) is 6.46. The first kappa shape index (κ1) is 13.6. The molecule has 0 amide bonds. The lowest BCUT2D eigenvalue weighted by Gasteiger charge is -2.01. The Kier molecular flexibility index (Phi) is 4.53. The highest BCUT2D eigenvalue weighted by Crippen LogP contribution is 2.07. The SMILES string of the molecule is O=S(=O)(C/C=C/c1ccccc1)Cc1ccccc1. The van der Waals surface area contributed by atoms with Crippen LogP contribution in [0, 0.1) is 0 Å². The summed E-state index contributed by atoms with van der Waals surface area (Å²) in [5.74, 6) is 0.157. The molecule has 0 N–H and O–H groups in total. The largest absolute Gasteiger partial charge is 0.228 e. The maximum atomic E-state index is 11.9. The zero-order valence-electron chi connectivity index (χ0n) is 10.6. The first-order valence-electron chi connectivity index (χ1n) is 6.12. The third kappa shape index (κ3) is 4.72. The molecule has 2 rings (SSSR count). The van der Waals surface area contributed by atoms with Gasteiger partial charge in [0.1, 0.15) is 0 Å². The minimum atomic E-state index is -3.09. The highest BCUT2D eigenvalue weighted by atomic mass is 32.2. The van der Waals surface area contributed by atoms with Crippen molar-refractivity contribution in [1.29, 1.82) is 0 Å².